The summed E-state index contributed by atoms with van der Waals surface area (Å²) in [7, 11) is -2.41. The molecule has 2 rings (SSSR count). The number of nitrogens with one attached hydrogen (secondary N) is 1. The molecule has 2 aromatic rings. The lowest BCUT2D eigenvalue weighted by Gasteiger charge is -2.09. The molecule has 0 bridgehead atoms. The van der Waals surface area contributed by atoms with Gasteiger partial charge in [0.15, 0.2) is 0 Å². The maximum absolute atomic E-state index is 12.3. The number of hydrogen-bond donors (Lipinski definition) is 1. The first-order chi connectivity index (χ1) is 11.4. The molecule has 1 N–H and O–H groups in total. The Morgan fingerprint density at radius 2 is 2.12 bits per heavy atom. The van der Waals surface area contributed by atoms with Crippen molar-refractivity contribution in [1.29, 1.82) is 0 Å². The number of aryl methyl sites for hydroxylation is 1. The van der Waals surface area contributed by atoms with E-state index in [0.29, 0.717) is 17.1 Å². The standard InChI is InChI=1S/C16H19NO5S2/c1-12-5-6-14(10-15(12)16(18)21-2)24(19,20)17-7-9-23-11-13-4-3-8-22-13/h3-6,8,10,17H,7,9,11H2,1-2H3. The van der Waals surface area contributed by atoms with Crippen LogP contribution in [-0.4, -0.2) is 33.8 Å². The fourth-order valence-electron chi connectivity index (χ4n) is 2.00. The predicted molar refractivity (Wildman–Crippen MR) is 92.6 cm³/mol. The van der Waals surface area contributed by atoms with Crippen molar-refractivity contribution in [1.82, 2.24) is 4.72 Å². The van der Waals surface area contributed by atoms with Crippen molar-refractivity contribution in [2.45, 2.75) is 17.6 Å². The van der Waals surface area contributed by atoms with E-state index in [1.54, 1.807) is 31.0 Å². The van der Waals surface area contributed by atoms with E-state index in [4.69, 9.17) is 4.42 Å². The molecular formula is C16H19NO5S2. The zero-order valence-corrected chi connectivity index (χ0v) is 15.1. The molecule has 0 fully saturated rings. The molecule has 6 nitrogen and oxygen atoms in total. The smallest absolute Gasteiger partial charge is 0.338 e. The predicted octanol–water partition coefficient (Wildman–Crippen LogP) is 2.59. The highest BCUT2D eigenvalue weighted by atomic mass is 32.2. The Hall–Kier alpha value is -1.77. The van der Waals surface area contributed by atoms with Crippen LogP contribution in [0.1, 0.15) is 21.7 Å². The third-order valence-electron chi connectivity index (χ3n) is 3.29. The van der Waals surface area contributed by atoms with Crippen molar-refractivity contribution in [2.24, 2.45) is 0 Å². The number of esters is 1. The van der Waals surface area contributed by atoms with E-state index < -0.39 is 16.0 Å². The van der Waals surface area contributed by atoms with Crippen molar-refractivity contribution < 1.29 is 22.4 Å². The van der Waals surface area contributed by atoms with Gasteiger partial charge in [0.25, 0.3) is 0 Å². The second kappa shape index (κ2) is 8.36. The van der Waals surface area contributed by atoms with Crippen LogP contribution in [0.3, 0.4) is 0 Å². The Bertz CT molecular complexity index is 785. The third kappa shape index (κ3) is 4.86. The Kier molecular flexibility index (Phi) is 6.47. The van der Waals surface area contributed by atoms with Gasteiger partial charge in [-0.05, 0) is 36.8 Å². The van der Waals surface area contributed by atoms with Crippen LogP contribution in [0.5, 0.6) is 0 Å². The van der Waals surface area contributed by atoms with Crippen LogP contribution in [0, 0.1) is 6.92 Å². The quantitative estimate of drug-likeness (QED) is 0.569. The number of rotatable bonds is 8. The fourth-order valence-corrected chi connectivity index (χ4v) is 3.94. The summed E-state index contributed by atoms with van der Waals surface area (Å²) in [4.78, 5) is 11.7. The van der Waals surface area contributed by atoms with Gasteiger partial charge in [-0.25, -0.2) is 17.9 Å². The van der Waals surface area contributed by atoms with E-state index in [2.05, 4.69) is 9.46 Å². The molecule has 130 valence electrons. The fraction of sp³-hybridized carbons (Fsp3) is 0.312. The molecule has 1 aromatic heterocycles. The summed E-state index contributed by atoms with van der Waals surface area (Å²) in [6.45, 7) is 2.01. The average Bonchev–Trinajstić information content (AvgIpc) is 3.07. The third-order valence-corrected chi connectivity index (χ3v) is 5.73. The molecule has 0 saturated heterocycles. The second-order valence-corrected chi connectivity index (χ2v) is 7.87. The maximum Gasteiger partial charge on any atom is 0.338 e. The number of furan rings is 1. The lowest BCUT2D eigenvalue weighted by atomic mass is 10.1. The highest BCUT2D eigenvalue weighted by Crippen LogP contribution is 2.17. The van der Waals surface area contributed by atoms with Gasteiger partial charge < -0.3 is 9.15 Å². The van der Waals surface area contributed by atoms with Crippen LogP contribution in [0.4, 0.5) is 0 Å². The zero-order valence-electron chi connectivity index (χ0n) is 13.4. The second-order valence-electron chi connectivity index (χ2n) is 5.00. The van der Waals surface area contributed by atoms with Gasteiger partial charge in [0, 0.05) is 12.3 Å². The number of hydrogen-bond acceptors (Lipinski definition) is 6. The van der Waals surface area contributed by atoms with Gasteiger partial charge in [0.05, 0.1) is 29.6 Å². The minimum absolute atomic E-state index is 0.0459. The Morgan fingerprint density at radius 3 is 2.79 bits per heavy atom. The van der Waals surface area contributed by atoms with Gasteiger partial charge in [-0.3, -0.25) is 0 Å². The molecule has 0 aliphatic heterocycles. The summed E-state index contributed by atoms with van der Waals surface area (Å²) >= 11 is 1.57. The molecule has 0 saturated carbocycles. The monoisotopic (exact) mass is 369 g/mol. The number of carbonyl (C=O) groups is 1. The van der Waals surface area contributed by atoms with Gasteiger partial charge in [-0.1, -0.05) is 6.07 Å². The van der Waals surface area contributed by atoms with E-state index in [1.807, 2.05) is 12.1 Å². The highest BCUT2D eigenvalue weighted by molar-refractivity contribution is 7.98. The summed E-state index contributed by atoms with van der Waals surface area (Å²) in [5.74, 6) is 1.59. The summed E-state index contributed by atoms with van der Waals surface area (Å²) in [5.41, 5.74) is 0.905. The Labute approximate surface area is 145 Å². The van der Waals surface area contributed by atoms with E-state index in [0.717, 1.165) is 5.76 Å². The first kappa shape index (κ1) is 18.6. The number of carbonyl (C=O) groups excluding carboxylic acids is 1. The van der Waals surface area contributed by atoms with E-state index in [-0.39, 0.29) is 17.0 Å². The number of benzene rings is 1. The largest absolute Gasteiger partial charge is 0.468 e. The highest BCUT2D eigenvalue weighted by Gasteiger charge is 2.18. The van der Waals surface area contributed by atoms with Gasteiger partial charge >= 0.3 is 5.97 Å². The maximum atomic E-state index is 12.3. The normalized spacial score (nSPS) is 11.4. The molecule has 0 radical (unpaired) electrons. The van der Waals surface area contributed by atoms with Crippen LogP contribution < -0.4 is 4.72 Å². The first-order valence-corrected chi connectivity index (χ1v) is 9.86. The van der Waals surface area contributed by atoms with Crippen molar-refractivity contribution in [3.05, 3.63) is 53.5 Å². The van der Waals surface area contributed by atoms with Gasteiger partial charge in [0.2, 0.25) is 10.0 Å². The molecule has 1 heterocycles. The van der Waals surface area contributed by atoms with Gasteiger partial charge in [-0.2, -0.15) is 11.8 Å². The Balaban J connectivity index is 1.93. The number of sulfonamides is 1. The molecule has 0 spiro atoms. The van der Waals surface area contributed by atoms with E-state index in [1.165, 1.54) is 19.2 Å². The van der Waals surface area contributed by atoms with Crippen LogP contribution >= 0.6 is 11.8 Å². The lowest BCUT2D eigenvalue weighted by Crippen LogP contribution is -2.26. The summed E-state index contributed by atoms with van der Waals surface area (Å²) in [6.07, 6.45) is 1.61. The molecule has 0 aliphatic carbocycles. The van der Waals surface area contributed by atoms with Crippen molar-refractivity contribution >= 4 is 27.8 Å². The number of methoxy groups -OCH3 is 1. The molecule has 24 heavy (non-hydrogen) atoms. The lowest BCUT2D eigenvalue weighted by molar-refractivity contribution is 0.0599. The van der Waals surface area contributed by atoms with E-state index >= 15 is 0 Å². The Morgan fingerprint density at radius 1 is 1.33 bits per heavy atom. The first-order valence-electron chi connectivity index (χ1n) is 7.23. The summed E-state index contributed by atoms with van der Waals surface area (Å²) in [5, 5.41) is 0. The summed E-state index contributed by atoms with van der Waals surface area (Å²) < 4.78 is 37.0. The van der Waals surface area contributed by atoms with Crippen LogP contribution in [0.25, 0.3) is 0 Å². The molecule has 1 aromatic carbocycles. The zero-order chi connectivity index (χ0) is 17.6. The van der Waals surface area contributed by atoms with Crippen LogP contribution in [-0.2, 0) is 20.5 Å². The van der Waals surface area contributed by atoms with Gasteiger partial charge in [0.1, 0.15) is 5.76 Å². The van der Waals surface area contributed by atoms with Crippen LogP contribution in [0.2, 0.25) is 0 Å². The molecule has 0 aliphatic rings. The number of thioether (sulfide) groups is 1. The minimum Gasteiger partial charge on any atom is -0.468 e. The van der Waals surface area contributed by atoms with Gasteiger partial charge in [-0.15, -0.1) is 0 Å². The molecular weight excluding hydrogens is 350 g/mol. The van der Waals surface area contributed by atoms with Crippen LogP contribution in [0.15, 0.2) is 45.9 Å². The molecule has 0 unspecified atom stereocenters. The number of ether oxygens (including phenoxy) is 1. The molecule has 8 heteroatoms. The van der Waals surface area contributed by atoms with Crippen molar-refractivity contribution in [3.8, 4) is 0 Å². The van der Waals surface area contributed by atoms with Crippen molar-refractivity contribution in [2.75, 3.05) is 19.4 Å². The average molecular weight is 369 g/mol. The molecule has 0 atom stereocenters. The minimum atomic E-state index is -3.67. The summed E-state index contributed by atoms with van der Waals surface area (Å²) in [6, 6.07) is 8.08. The molecule has 0 amide bonds. The SMILES string of the molecule is COC(=O)c1cc(S(=O)(=O)NCCSCc2ccco2)ccc1C. The van der Waals surface area contributed by atoms with E-state index in [9.17, 15) is 13.2 Å². The topological polar surface area (TPSA) is 85.6 Å². The van der Waals surface area contributed by atoms with Crippen molar-refractivity contribution in [3.63, 3.8) is 0 Å².